The van der Waals surface area contributed by atoms with E-state index in [0.717, 1.165) is 30.5 Å². The summed E-state index contributed by atoms with van der Waals surface area (Å²) in [6, 6.07) is 4.02. The number of carbonyl (C=O) groups excluding carboxylic acids is 1. The van der Waals surface area contributed by atoms with E-state index in [1.807, 2.05) is 0 Å². The Balaban J connectivity index is 2.14. The lowest BCUT2D eigenvalue weighted by molar-refractivity contribution is -0.137. The van der Waals surface area contributed by atoms with Gasteiger partial charge in [-0.2, -0.15) is 13.2 Å². The second-order valence-corrected chi connectivity index (χ2v) is 7.38. The Morgan fingerprint density at radius 2 is 1.82 bits per heavy atom. The number of hydrogen-bond donors (Lipinski definition) is 0. The van der Waals surface area contributed by atoms with Crippen molar-refractivity contribution in [2.24, 2.45) is 5.92 Å². The molecule has 1 aliphatic rings. The number of halogens is 3. The summed E-state index contributed by atoms with van der Waals surface area (Å²) in [7, 11) is -3.37. The van der Waals surface area contributed by atoms with Crippen LogP contribution in [0.3, 0.4) is 0 Å². The Hall–Kier alpha value is -1.41. The molecule has 1 aliphatic heterocycles. The molecule has 0 aliphatic carbocycles. The lowest BCUT2D eigenvalue weighted by Gasteiger charge is -2.30. The minimum Gasteiger partial charge on any atom is -0.294 e. The molecule has 1 aromatic carbocycles. The molecule has 0 saturated carbocycles. The maximum atomic E-state index is 12.5. The SMILES string of the molecule is CS(=O)(=O)N1CCC[C@@H](C(=O)c2ccc(C(F)(F)F)cc2)C1. The van der Waals surface area contributed by atoms with E-state index in [9.17, 15) is 26.4 Å². The van der Waals surface area contributed by atoms with Gasteiger partial charge < -0.3 is 0 Å². The van der Waals surface area contributed by atoms with Crippen molar-refractivity contribution in [3.63, 3.8) is 0 Å². The standard InChI is InChI=1S/C14H16F3NO3S/c1-22(20,21)18-8-2-3-11(9-18)13(19)10-4-6-12(7-5-10)14(15,16)17/h4-7,11H,2-3,8-9H2,1H3/t11-/m1/s1. The topological polar surface area (TPSA) is 54.5 Å². The molecule has 0 aromatic heterocycles. The third kappa shape index (κ3) is 3.86. The number of nitrogens with zero attached hydrogens (tertiary/aromatic N) is 1. The maximum absolute atomic E-state index is 12.5. The number of carbonyl (C=O) groups is 1. The molecule has 0 unspecified atom stereocenters. The van der Waals surface area contributed by atoms with Crippen LogP contribution in [0.4, 0.5) is 13.2 Å². The van der Waals surface area contributed by atoms with Crippen LogP contribution in [0.2, 0.25) is 0 Å². The molecule has 1 saturated heterocycles. The normalized spacial score (nSPS) is 20.8. The molecule has 4 nitrogen and oxygen atoms in total. The third-order valence-corrected chi connectivity index (χ3v) is 4.99. The molecule has 122 valence electrons. The molecule has 0 spiro atoms. The second-order valence-electron chi connectivity index (χ2n) is 5.40. The first-order valence-electron chi connectivity index (χ1n) is 6.75. The fourth-order valence-electron chi connectivity index (χ4n) is 2.52. The molecule has 0 amide bonds. The molecule has 1 aromatic rings. The van der Waals surface area contributed by atoms with Gasteiger partial charge in [-0.05, 0) is 25.0 Å². The summed E-state index contributed by atoms with van der Waals surface area (Å²) in [5.41, 5.74) is -0.640. The van der Waals surface area contributed by atoms with Crippen molar-refractivity contribution in [2.75, 3.05) is 19.3 Å². The van der Waals surface area contributed by atoms with E-state index in [-0.39, 0.29) is 17.9 Å². The van der Waals surface area contributed by atoms with Crippen molar-refractivity contribution in [3.05, 3.63) is 35.4 Å². The van der Waals surface area contributed by atoms with Crippen molar-refractivity contribution < 1.29 is 26.4 Å². The van der Waals surface area contributed by atoms with Crippen LogP contribution in [0.1, 0.15) is 28.8 Å². The van der Waals surface area contributed by atoms with Gasteiger partial charge in [0.2, 0.25) is 10.0 Å². The van der Waals surface area contributed by atoms with E-state index in [1.54, 1.807) is 0 Å². The highest BCUT2D eigenvalue weighted by Gasteiger charge is 2.32. The summed E-state index contributed by atoms with van der Waals surface area (Å²) in [6.07, 6.45) is -2.27. The lowest BCUT2D eigenvalue weighted by atomic mass is 9.90. The number of hydrogen-bond acceptors (Lipinski definition) is 3. The van der Waals surface area contributed by atoms with Crippen LogP contribution in [0.5, 0.6) is 0 Å². The zero-order valence-electron chi connectivity index (χ0n) is 11.9. The monoisotopic (exact) mass is 335 g/mol. The average Bonchev–Trinajstić information content (AvgIpc) is 2.45. The Labute approximate surface area is 127 Å². The van der Waals surface area contributed by atoms with Crippen LogP contribution in [0.25, 0.3) is 0 Å². The van der Waals surface area contributed by atoms with E-state index < -0.39 is 27.7 Å². The van der Waals surface area contributed by atoms with Gasteiger partial charge in [-0.3, -0.25) is 4.79 Å². The molecule has 1 fully saturated rings. The molecule has 0 N–H and O–H groups in total. The summed E-state index contributed by atoms with van der Waals surface area (Å²) >= 11 is 0. The van der Waals surface area contributed by atoms with Gasteiger partial charge >= 0.3 is 6.18 Å². The minimum atomic E-state index is -4.44. The Kier molecular flexibility index (Phi) is 4.62. The number of sulfonamides is 1. The number of Topliss-reactive ketones (excluding diaryl/α,β-unsaturated/α-hetero) is 1. The van der Waals surface area contributed by atoms with Gasteiger partial charge in [-0.25, -0.2) is 12.7 Å². The van der Waals surface area contributed by atoms with Crippen molar-refractivity contribution >= 4 is 15.8 Å². The van der Waals surface area contributed by atoms with Gasteiger partial charge in [-0.15, -0.1) is 0 Å². The molecule has 2 rings (SSSR count). The molecule has 22 heavy (non-hydrogen) atoms. The first kappa shape index (κ1) is 17.0. The summed E-state index contributed by atoms with van der Waals surface area (Å²) in [4.78, 5) is 12.3. The van der Waals surface area contributed by atoms with Crippen molar-refractivity contribution in [1.29, 1.82) is 0 Å². The first-order chi connectivity index (χ1) is 10.1. The minimum absolute atomic E-state index is 0.0820. The molecule has 8 heteroatoms. The van der Waals surface area contributed by atoms with Gasteiger partial charge in [0, 0.05) is 24.6 Å². The number of piperidine rings is 1. The largest absolute Gasteiger partial charge is 0.416 e. The molecule has 0 radical (unpaired) electrons. The lowest BCUT2D eigenvalue weighted by Crippen LogP contribution is -2.41. The zero-order chi connectivity index (χ0) is 16.5. The molecular formula is C14H16F3NO3S. The highest BCUT2D eigenvalue weighted by molar-refractivity contribution is 7.88. The summed E-state index contributed by atoms with van der Waals surface area (Å²) in [5.74, 6) is -0.831. The van der Waals surface area contributed by atoms with Crippen LogP contribution >= 0.6 is 0 Å². The van der Waals surface area contributed by atoms with Crippen LogP contribution in [0.15, 0.2) is 24.3 Å². The number of benzene rings is 1. The fraction of sp³-hybridized carbons (Fsp3) is 0.500. The molecular weight excluding hydrogens is 319 g/mol. The number of alkyl halides is 3. The molecule has 1 atom stereocenters. The van der Waals surface area contributed by atoms with E-state index in [2.05, 4.69) is 0 Å². The molecule has 1 heterocycles. The second kappa shape index (κ2) is 6.00. The van der Waals surface area contributed by atoms with Crippen molar-refractivity contribution in [1.82, 2.24) is 4.31 Å². The average molecular weight is 335 g/mol. The quantitative estimate of drug-likeness (QED) is 0.798. The fourth-order valence-corrected chi connectivity index (χ4v) is 3.43. The third-order valence-electron chi connectivity index (χ3n) is 3.72. The van der Waals surface area contributed by atoms with Gasteiger partial charge in [0.05, 0.1) is 11.8 Å². The Morgan fingerprint density at radius 3 is 2.32 bits per heavy atom. The van der Waals surface area contributed by atoms with E-state index in [4.69, 9.17) is 0 Å². The van der Waals surface area contributed by atoms with Crippen molar-refractivity contribution in [3.8, 4) is 0 Å². The van der Waals surface area contributed by atoms with Gasteiger partial charge in [-0.1, -0.05) is 12.1 Å². The Morgan fingerprint density at radius 1 is 1.23 bits per heavy atom. The van der Waals surface area contributed by atoms with E-state index in [0.29, 0.717) is 19.4 Å². The van der Waals surface area contributed by atoms with Crippen LogP contribution in [0, 0.1) is 5.92 Å². The maximum Gasteiger partial charge on any atom is 0.416 e. The van der Waals surface area contributed by atoms with Gasteiger partial charge in [0.15, 0.2) is 5.78 Å². The van der Waals surface area contributed by atoms with Gasteiger partial charge in [0.25, 0.3) is 0 Å². The van der Waals surface area contributed by atoms with Crippen LogP contribution < -0.4 is 0 Å². The van der Waals surface area contributed by atoms with Crippen LogP contribution in [-0.4, -0.2) is 37.9 Å². The zero-order valence-corrected chi connectivity index (χ0v) is 12.7. The molecule has 0 bridgehead atoms. The van der Waals surface area contributed by atoms with E-state index >= 15 is 0 Å². The number of rotatable bonds is 3. The highest BCUT2D eigenvalue weighted by Crippen LogP contribution is 2.30. The smallest absolute Gasteiger partial charge is 0.294 e. The summed E-state index contributed by atoms with van der Waals surface area (Å²) in [6.45, 7) is 0.453. The van der Waals surface area contributed by atoms with E-state index in [1.165, 1.54) is 4.31 Å². The summed E-state index contributed by atoms with van der Waals surface area (Å²) < 4.78 is 61.8. The first-order valence-corrected chi connectivity index (χ1v) is 8.60. The predicted molar refractivity (Wildman–Crippen MR) is 74.9 cm³/mol. The highest BCUT2D eigenvalue weighted by atomic mass is 32.2. The van der Waals surface area contributed by atoms with Gasteiger partial charge in [0.1, 0.15) is 0 Å². The van der Waals surface area contributed by atoms with Crippen LogP contribution in [-0.2, 0) is 16.2 Å². The van der Waals surface area contributed by atoms with Crippen molar-refractivity contribution in [2.45, 2.75) is 19.0 Å². The number of ketones is 1. The Bertz CT molecular complexity index is 653. The predicted octanol–water partition coefficient (Wildman–Crippen LogP) is 2.56. The summed E-state index contributed by atoms with van der Waals surface area (Å²) in [5, 5.41) is 0.